The van der Waals surface area contributed by atoms with Gasteiger partial charge in [-0.05, 0) is 37.1 Å². The lowest BCUT2D eigenvalue weighted by Crippen LogP contribution is -2.21. The minimum absolute atomic E-state index is 0.0483. The van der Waals surface area contributed by atoms with Crippen LogP contribution < -0.4 is 4.90 Å². The van der Waals surface area contributed by atoms with Crippen molar-refractivity contribution in [3.05, 3.63) is 41.1 Å². The third kappa shape index (κ3) is 4.20. The molecule has 1 aromatic heterocycles. The number of halogens is 6. The number of alkyl halides is 6. The molecular formula is C17H13F6N3O. The third-order valence-electron chi connectivity index (χ3n) is 4.13. The van der Waals surface area contributed by atoms with Crippen LogP contribution in [0.5, 0.6) is 0 Å². The Kier molecular flexibility index (Phi) is 4.83. The van der Waals surface area contributed by atoms with Crippen molar-refractivity contribution < 1.29 is 31.1 Å². The second-order valence-electron chi connectivity index (χ2n) is 6.08. The molecule has 4 nitrogen and oxygen atoms in total. The monoisotopic (exact) mass is 389 g/mol. The normalized spacial score (nSPS) is 15.3. The summed E-state index contributed by atoms with van der Waals surface area (Å²) in [4.78, 5) is 21.0. The number of carbonyl (C=O) groups excluding carboxylic acids is 1. The summed E-state index contributed by atoms with van der Waals surface area (Å²) in [5.74, 6) is 0.109. The van der Waals surface area contributed by atoms with E-state index >= 15 is 0 Å². The first-order chi connectivity index (χ1) is 12.6. The van der Waals surface area contributed by atoms with Crippen LogP contribution in [0, 0.1) is 0 Å². The van der Waals surface area contributed by atoms with E-state index in [-0.39, 0.29) is 29.0 Å². The highest BCUT2D eigenvalue weighted by Gasteiger charge is 2.37. The Bertz CT molecular complexity index is 824. The van der Waals surface area contributed by atoms with Gasteiger partial charge < -0.3 is 4.90 Å². The molecule has 3 rings (SSSR count). The molecule has 0 saturated carbocycles. The molecule has 1 aliphatic rings. The second kappa shape index (κ2) is 6.82. The van der Waals surface area contributed by atoms with E-state index < -0.39 is 23.5 Å². The first-order valence-electron chi connectivity index (χ1n) is 7.97. The Balaban J connectivity index is 2.17. The molecule has 0 atom stereocenters. The van der Waals surface area contributed by atoms with Crippen LogP contribution in [0.1, 0.15) is 34.5 Å². The number of rotatable bonds is 3. The zero-order chi connectivity index (χ0) is 19.8. The predicted octanol–water partition coefficient (Wildman–Crippen LogP) is 4.59. The number of hydrogen-bond acceptors (Lipinski definition) is 4. The van der Waals surface area contributed by atoms with E-state index in [9.17, 15) is 31.1 Å². The molecule has 1 aliphatic heterocycles. The highest BCUT2D eigenvalue weighted by Crippen LogP contribution is 2.38. The summed E-state index contributed by atoms with van der Waals surface area (Å²) in [5.41, 5.74) is -3.57. The van der Waals surface area contributed by atoms with Gasteiger partial charge in [0.2, 0.25) is 5.95 Å². The number of benzene rings is 1. The quantitative estimate of drug-likeness (QED) is 0.569. The van der Waals surface area contributed by atoms with Crippen LogP contribution in [0.15, 0.2) is 24.3 Å². The van der Waals surface area contributed by atoms with Crippen LogP contribution >= 0.6 is 0 Å². The van der Waals surface area contributed by atoms with Gasteiger partial charge >= 0.3 is 12.4 Å². The number of anilines is 1. The molecule has 0 radical (unpaired) electrons. The summed E-state index contributed by atoms with van der Waals surface area (Å²) in [6, 6.07) is 2.29. The van der Waals surface area contributed by atoms with E-state index in [0.717, 1.165) is 18.9 Å². The average Bonchev–Trinajstić information content (AvgIpc) is 3.14. The Morgan fingerprint density at radius 1 is 0.852 bits per heavy atom. The van der Waals surface area contributed by atoms with E-state index in [1.165, 1.54) is 0 Å². The topological polar surface area (TPSA) is 46.1 Å². The van der Waals surface area contributed by atoms with E-state index in [0.29, 0.717) is 31.5 Å². The first kappa shape index (κ1) is 19.1. The number of carbonyl (C=O) groups is 1. The number of nitrogens with zero attached hydrogens (tertiary/aromatic N) is 3. The van der Waals surface area contributed by atoms with E-state index in [2.05, 4.69) is 9.97 Å². The van der Waals surface area contributed by atoms with Gasteiger partial charge in [-0.15, -0.1) is 0 Å². The standard InChI is InChI=1S/C17H13F6N3O/c18-16(19,20)11-5-10(6-12(7-11)17(21,22)23)14-8-13(9-27)24-15(25-14)26-3-1-2-4-26/h5-9H,1-4H2. The van der Waals surface area contributed by atoms with Crippen LogP contribution in [0.25, 0.3) is 11.3 Å². The van der Waals surface area contributed by atoms with Crippen molar-refractivity contribution >= 4 is 12.2 Å². The van der Waals surface area contributed by atoms with Gasteiger partial charge in [0.15, 0.2) is 6.29 Å². The SMILES string of the molecule is O=Cc1cc(-c2cc(C(F)(F)F)cc(C(F)(F)F)c2)nc(N2CCCC2)n1. The largest absolute Gasteiger partial charge is 0.416 e. The molecule has 10 heteroatoms. The third-order valence-corrected chi connectivity index (χ3v) is 4.13. The number of aromatic nitrogens is 2. The molecule has 0 amide bonds. The fourth-order valence-electron chi connectivity index (χ4n) is 2.82. The molecule has 1 fully saturated rings. The van der Waals surface area contributed by atoms with Gasteiger partial charge in [-0.3, -0.25) is 4.79 Å². The fraction of sp³-hybridized carbons (Fsp3) is 0.353. The molecule has 1 aromatic carbocycles. The van der Waals surface area contributed by atoms with E-state index in [1.54, 1.807) is 4.90 Å². The lowest BCUT2D eigenvalue weighted by Gasteiger charge is -2.17. The summed E-state index contributed by atoms with van der Waals surface area (Å²) in [6.45, 7) is 1.19. The second-order valence-corrected chi connectivity index (χ2v) is 6.08. The molecule has 2 aromatic rings. The molecule has 0 spiro atoms. The van der Waals surface area contributed by atoms with Crippen LogP contribution in [-0.2, 0) is 12.4 Å². The lowest BCUT2D eigenvalue weighted by atomic mass is 10.0. The van der Waals surface area contributed by atoms with Crippen molar-refractivity contribution in [2.45, 2.75) is 25.2 Å². The van der Waals surface area contributed by atoms with Crippen LogP contribution in [0.4, 0.5) is 32.3 Å². The Hall–Kier alpha value is -2.65. The van der Waals surface area contributed by atoms with Gasteiger partial charge in [-0.2, -0.15) is 26.3 Å². The zero-order valence-corrected chi connectivity index (χ0v) is 13.7. The molecule has 0 bridgehead atoms. The van der Waals surface area contributed by atoms with Gasteiger partial charge in [-0.25, -0.2) is 9.97 Å². The first-order valence-corrected chi connectivity index (χ1v) is 7.97. The van der Waals surface area contributed by atoms with Crippen molar-refractivity contribution in [3.8, 4) is 11.3 Å². The minimum Gasteiger partial charge on any atom is -0.341 e. The molecule has 0 N–H and O–H groups in total. The minimum atomic E-state index is -4.96. The summed E-state index contributed by atoms with van der Waals surface area (Å²) in [6.07, 6.45) is -7.84. The predicted molar refractivity (Wildman–Crippen MR) is 84.3 cm³/mol. The van der Waals surface area contributed by atoms with Crippen molar-refractivity contribution in [2.24, 2.45) is 0 Å². The molecular weight excluding hydrogens is 376 g/mol. The fourth-order valence-corrected chi connectivity index (χ4v) is 2.82. The van der Waals surface area contributed by atoms with Crippen LogP contribution in [0.2, 0.25) is 0 Å². The van der Waals surface area contributed by atoms with Gasteiger partial charge in [-0.1, -0.05) is 0 Å². The molecule has 1 saturated heterocycles. The average molecular weight is 389 g/mol. The van der Waals surface area contributed by atoms with Gasteiger partial charge in [0, 0.05) is 18.7 Å². The summed E-state index contributed by atoms with van der Waals surface area (Å²) in [7, 11) is 0. The molecule has 0 aliphatic carbocycles. The van der Waals surface area contributed by atoms with Crippen molar-refractivity contribution in [3.63, 3.8) is 0 Å². The van der Waals surface area contributed by atoms with Crippen molar-refractivity contribution in [1.82, 2.24) is 9.97 Å². The Morgan fingerprint density at radius 3 is 1.89 bits per heavy atom. The summed E-state index contributed by atoms with van der Waals surface area (Å²) < 4.78 is 78.3. The van der Waals surface area contributed by atoms with Gasteiger partial charge in [0.25, 0.3) is 0 Å². The maximum absolute atomic E-state index is 13.1. The Labute approximate surface area is 149 Å². The number of hydrogen-bond donors (Lipinski definition) is 0. The molecule has 0 unspecified atom stereocenters. The van der Waals surface area contributed by atoms with E-state index in [1.807, 2.05) is 0 Å². The Morgan fingerprint density at radius 2 is 1.41 bits per heavy atom. The molecule has 144 valence electrons. The maximum atomic E-state index is 13.1. The highest BCUT2D eigenvalue weighted by molar-refractivity contribution is 5.76. The maximum Gasteiger partial charge on any atom is 0.416 e. The highest BCUT2D eigenvalue weighted by atomic mass is 19.4. The van der Waals surface area contributed by atoms with Crippen molar-refractivity contribution in [2.75, 3.05) is 18.0 Å². The molecule has 2 heterocycles. The van der Waals surface area contributed by atoms with E-state index in [4.69, 9.17) is 0 Å². The molecule has 27 heavy (non-hydrogen) atoms. The lowest BCUT2D eigenvalue weighted by molar-refractivity contribution is -0.143. The van der Waals surface area contributed by atoms with Crippen molar-refractivity contribution in [1.29, 1.82) is 0 Å². The summed E-state index contributed by atoms with van der Waals surface area (Å²) >= 11 is 0. The smallest absolute Gasteiger partial charge is 0.341 e. The van der Waals surface area contributed by atoms with Gasteiger partial charge in [0.05, 0.1) is 16.8 Å². The number of aldehydes is 1. The van der Waals surface area contributed by atoms with Crippen LogP contribution in [-0.4, -0.2) is 29.3 Å². The van der Waals surface area contributed by atoms with Gasteiger partial charge in [0.1, 0.15) is 5.69 Å². The van der Waals surface area contributed by atoms with Crippen LogP contribution in [0.3, 0.4) is 0 Å². The summed E-state index contributed by atoms with van der Waals surface area (Å²) in [5, 5.41) is 0. The zero-order valence-electron chi connectivity index (χ0n) is 13.7.